The van der Waals surface area contributed by atoms with Gasteiger partial charge in [-0.05, 0) is 0 Å². The third-order valence-electron chi connectivity index (χ3n) is 6.53. The van der Waals surface area contributed by atoms with Gasteiger partial charge in [0.15, 0.2) is 0 Å². The van der Waals surface area contributed by atoms with Crippen molar-refractivity contribution in [2.24, 2.45) is 0 Å². The first-order chi connectivity index (χ1) is 13.3. The summed E-state index contributed by atoms with van der Waals surface area (Å²) in [5.41, 5.74) is 4.21. The van der Waals surface area contributed by atoms with Crippen molar-refractivity contribution in [3.05, 3.63) is 103 Å². The van der Waals surface area contributed by atoms with E-state index in [1.807, 2.05) is 0 Å². The van der Waals surface area contributed by atoms with Gasteiger partial charge in [0.25, 0.3) is 0 Å². The maximum absolute atomic E-state index is 3.74. The van der Waals surface area contributed by atoms with Crippen molar-refractivity contribution < 1.29 is 0 Å². The van der Waals surface area contributed by atoms with Crippen molar-refractivity contribution in [1.82, 2.24) is 0 Å². The molecule has 0 N–H and O–H groups in total. The third-order valence-corrected chi connectivity index (χ3v) is 13.5. The molecule has 0 atom stereocenters. The summed E-state index contributed by atoms with van der Waals surface area (Å²) in [5, 5.41) is 4.56. The zero-order valence-electron chi connectivity index (χ0n) is 14.7. The summed E-state index contributed by atoms with van der Waals surface area (Å²) in [7, 11) is 0. The van der Waals surface area contributed by atoms with Crippen LogP contribution in [0.15, 0.2) is 103 Å². The fraction of sp³-hybridized carbons (Fsp3) is 0. The topological polar surface area (TPSA) is 0 Å². The van der Waals surface area contributed by atoms with E-state index < -0.39 is 11.7 Å². The van der Waals surface area contributed by atoms with Crippen LogP contribution in [0.25, 0.3) is 0 Å². The van der Waals surface area contributed by atoms with Crippen LogP contribution in [0.1, 0.15) is 0 Å². The zero-order chi connectivity index (χ0) is 18.1. The van der Waals surface area contributed by atoms with Crippen molar-refractivity contribution >= 4 is 64.5 Å². The molecular formula is C24H17BPSe-. The summed E-state index contributed by atoms with van der Waals surface area (Å²) in [5.74, 6) is 0. The molecule has 3 heterocycles. The van der Waals surface area contributed by atoms with Crippen molar-refractivity contribution in [3.63, 3.8) is 0 Å². The van der Waals surface area contributed by atoms with Crippen LogP contribution in [0, 0.1) is 0 Å². The van der Waals surface area contributed by atoms with Gasteiger partial charge in [0.05, 0.1) is 0 Å². The van der Waals surface area contributed by atoms with Gasteiger partial charge in [-0.3, -0.25) is 0 Å². The van der Waals surface area contributed by atoms with E-state index in [4.69, 9.17) is 0 Å². The molecule has 7 rings (SSSR count). The molecule has 3 aliphatic heterocycles. The Labute approximate surface area is 167 Å². The van der Waals surface area contributed by atoms with Gasteiger partial charge in [-0.1, -0.05) is 0 Å². The summed E-state index contributed by atoms with van der Waals surface area (Å²) in [6, 6.07) is 38.6. The van der Waals surface area contributed by atoms with Crippen LogP contribution in [0.4, 0.5) is 0 Å². The molecule has 2 bridgehead atoms. The summed E-state index contributed by atoms with van der Waals surface area (Å²) < 4.78 is 0. The van der Waals surface area contributed by atoms with Crippen LogP contribution in [0.5, 0.6) is 0 Å². The third kappa shape index (κ3) is 1.75. The predicted molar refractivity (Wildman–Crippen MR) is 122 cm³/mol. The van der Waals surface area contributed by atoms with E-state index in [1.54, 1.807) is 0 Å². The molecule has 3 heteroatoms. The van der Waals surface area contributed by atoms with Gasteiger partial charge in [0.2, 0.25) is 0 Å². The van der Waals surface area contributed by atoms with Gasteiger partial charge >= 0.3 is 168 Å². The number of hydrogen-bond donors (Lipinski definition) is 0. The van der Waals surface area contributed by atoms with Crippen LogP contribution < -0.4 is 37.8 Å². The average molecular weight is 426 g/mol. The van der Waals surface area contributed by atoms with E-state index in [0.717, 1.165) is 0 Å². The second-order valence-electron chi connectivity index (χ2n) is 7.56. The summed E-state index contributed by atoms with van der Waals surface area (Å²) in [4.78, 5) is 0. The number of benzene rings is 4. The Morgan fingerprint density at radius 1 is 0.481 bits per heavy atom. The second-order valence-corrected chi connectivity index (χ2v) is 13.7. The van der Waals surface area contributed by atoms with Gasteiger partial charge in [-0.2, -0.15) is 0 Å². The standard InChI is InChI=1S/C24H17BPSe/c27-26-22-15-7-4-12-19(22)25(18-10-2-1-3-11-18,20-13-5-8-16-23(20)26)21-14-6-9-17-24(21)26/h1-17H/q-1. The number of hydrogen-bond acceptors (Lipinski definition) is 0. The SMILES string of the molecule is [Se]=P12c3ccccc3[B-](c3ccccc3)(c3ccccc31)c1ccccc12. The predicted octanol–water partition coefficient (Wildman–Crippen LogP) is 1.07. The van der Waals surface area contributed by atoms with Crippen molar-refractivity contribution in [1.29, 1.82) is 0 Å². The Balaban J connectivity index is 1.92. The Bertz CT molecular complexity index is 1140. The molecule has 27 heavy (non-hydrogen) atoms. The van der Waals surface area contributed by atoms with Crippen molar-refractivity contribution in [2.75, 3.05) is 0 Å². The molecule has 0 aromatic heterocycles. The molecule has 0 unspecified atom stereocenters. The summed E-state index contributed by atoms with van der Waals surface area (Å²) in [6.07, 6.45) is -1.15. The van der Waals surface area contributed by atoms with E-state index >= 15 is 0 Å². The van der Waals surface area contributed by atoms with Gasteiger partial charge in [0, 0.05) is 0 Å². The quantitative estimate of drug-likeness (QED) is 0.273. The minimum absolute atomic E-state index is 1.15. The molecule has 0 nitrogen and oxygen atoms in total. The molecule has 0 radical (unpaired) electrons. The second kappa shape index (κ2) is 5.46. The molecule has 0 saturated carbocycles. The van der Waals surface area contributed by atoms with Crippen molar-refractivity contribution in [3.8, 4) is 0 Å². The molecule has 4 aromatic carbocycles. The van der Waals surface area contributed by atoms with Gasteiger partial charge < -0.3 is 0 Å². The van der Waals surface area contributed by atoms with E-state index in [1.165, 1.54) is 37.8 Å². The van der Waals surface area contributed by atoms with Crippen LogP contribution in [-0.2, 0) is 0 Å². The first kappa shape index (κ1) is 15.9. The van der Waals surface area contributed by atoms with Crippen molar-refractivity contribution in [2.45, 2.75) is 0 Å². The molecule has 4 aromatic rings. The fourth-order valence-corrected chi connectivity index (χ4v) is 12.3. The van der Waals surface area contributed by atoms with Gasteiger partial charge in [-0.25, -0.2) is 0 Å². The van der Waals surface area contributed by atoms with E-state index in [-0.39, 0.29) is 0 Å². The van der Waals surface area contributed by atoms with Crippen LogP contribution in [0.3, 0.4) is 0 Å². The van der Waals surface area contributed by atoms with Crippen LogP contribution >= 0.6 is 5.51 Å². The van der Waals surface area contributed by atoms with Gasteiger partial charge in [-0.15, -0.1) is 0 Å². The first-order valence-electron chi connectivity index (χ1n) is 9.40. The molecule has 0 spiro atoms. The molecule has 128 valence electrons. The zero-order valence-corrected chi connectivity index (χ0v) is 17.4. The molecule has 3 aliphatic rings. The molecule has 0 amide bonds. The van der Waals surface area contributed by atoms with Crippen LogP contribution in [-0.4, -0.2) is 21.2 Å². The van der Waals surface area contributed by atoms with Crippen LogP contribution in [0.2, 0.25) is 0 Å². The monoisotopic (exact) mass is 427 g/mol. The average Bonchev–Trinajstić information content (AvgIpc) is 2.75. The van der Waals surface area contributed by atoms with Gasteiger partial charge in [0.1, 0.15) is 0 Å². The normalized spacial score (nSPS) is 24.0. The number of rotatable bonds is 1. The van der Waals surface area contributed by atoms with E-state index in [2.05, 4.69) is 118 Å². The fourth-order valence-electron chi connectivity index (χ4n) is 5.59. The summed E-state index contributed by atoms with van der Waals surface area (Å²) >= 11 is 3.74. The molecule has 0 saturated heterocycles. The molecule has 0 fully saturated rings. The maximum atomic E-state index is 3.74. The van der Waals surface area contributed by atoms with E-state index in [0.29, 0.717) is 0 Å². The first-order valence-corrected chi connectivity index (χ1v) is 13.4. The Kier molecular flexibility index (Phi) is 3.22. The molecular weight excluding hydrogens is 409 g/mol. The Morgan fingerprint density at radius 3 is 1.30 bits per heavy atom. The molecule has 0 aliphatic carbocycles. The Hall–Kier alpha value is -2.11. The Morgan fingerprint density at radius 2 is 0.852 bits per heavy atom. The summed E-state index contributed by atoms with van der Waals surface area (Å²) in [6.45, 7) is 0. The van der Waals surface area contributed by atoms with E-state index in [9.17, 15) is 0 Å². The minimum atomic E-state index is -1.72.